The zero-order valence-electron chi connectivity index (χ0n) is 14.9. The molecule has 1 atom stereocenters. The van der Waals surface area contributed by atoms with E-state index >= 15 is 0 Å². The van der Waals surface area contributed by atoms with Crippen LogP contribution in [0.25, 0.3) is 0 Å². The topological polar surface area (TPSA) is 123 Å². The van der Waals surface area contributed by atoms with Crippen molar-refractivity contribution in [3.8, 4) is 11.5 Å². The first kappa shape index (κ1) is 19.4. The SMILES string of the molecule is CC(=NN=C1NC(=O)C(CC(=O)Nc2ccccc2)S1)c1ccc(O)cc1O. The molecule has 3 rings (SSSR count). The third kappa shape index (κ3) is 4.89. The maximum absolute atomic E-state index is 12.1. The molecule has 0 bridgehead atoms. The first-order valence-electron chi connectivity index (χ1n) is 8.39. The molecule has 9 heteroatoms. The van der Waals surface area contributed by atoms with Gasteiger partial charge in [-0.05, 0) is 31.2 Å². The molecule has 0 aromatic heterocycles. The molecule has 0 spiro atoms. The Morgan fingerprint density at radius 1 is 1.21 bits per heavy atom. The first-order chi connectivity index (χ1) is 13.4. The number of amidine groups is 1. The van der Waals surface area contributed by atoms with E-state index in [1.165, 1.54) is 18.2 Å². The van der Waals surface area contributed by atoms with Crippen LogP contribution in [0.5, 0.6) is 11.5 Å². The van der Waals surface area contributed by atoms with Gasteiger partial charge in [0.1, 0.15) is 16.7 Å². The van der Waals surface area contributed by atoms with Gasteiger partial charge in [-0.2, -0.15) is 5.10 Å². The summed E-state index contributed by atoms with van der Waals surface area (Å²) in [6.45, 7) is 1.64. The van der Waals surface area contributed by atoms with Crippen molar-refractivity contribution in [1.82, 2.24) is 5.32 Å². The highest BCUT2D eigenvalue weighted by Gasteiger charge is 2.32. The number of para-hydroxylation sites is 1. The summed E-state index contributed by atoms with van der Waals surface area (Å²) < 4.78 is 0. The average Bonchev–Trinajstić information content (AvgIpc) is 3.00. The Morgan fingerprint density at radius 3 is 2.68 bits per heavy atom. The van der Waals surface area contributed by atoms with Gasteiger partial charge in [0.05, 0.1) is 5.71 Å². The molecule has 1 aliphatic rings. The first-order valence-corrected chi connectivity index (χ1v) is 9.27. The average molecular weight is 398 g/mol. The number of aromatic hydroxyl groups is 2. The van der Waals surface area contributed by atoms with Crippen molar-refractivity contribution in [3.63, 3.8) is 0 Å². The molecule has 0 aliphatic carbocycles. The number of hydrogen-bond donors (Lipinski definition) is 4. The maximum Gasteiger partial charge on any atom is 0.240 e. The number of amides is 2. The van der Waals surface area contributed by atoms with Crippen LogP contribution in [0.1, 0.15) is 18.9 Å². The number of nitrogens with one attached hydrogen (secondary N) is 2. The summed E-state index contributed by atoms with van der Waals surface area (Å²) >= 11 is 1.12. The summed E-state index contributed by atoms with van der Waals surface area (Å²) in [6.07, 6.45) is 0.00581. The molecule has 144 valence electrons. The van der Waals surface area contributed by atoms with E-state index in [0.29, 0.717) is 17.0 Å². The minimum Gasteiger partial charge on any atom is -0.508 e. The summed E-state index contributed by atoms with van der Waals surface area (Å²) in [5.41, 5.74) is 1.49. The van der Waals surface area contributed by atoms with E-state index in [0.717, 1.165) is 11.8 Å². The Bertz CT molecular complexity index is 960. The number of anilines is 1. The number of phenols is 2. The molecule has 0 radical (unpaired) electrons. The van der Waals surface area contributed by atoms with Crippen molar-refractivity contribution in [1.29, 1.82) is 0 Å². The van der Waals surface area contributed by atoms with Gasteiger partial charge >= 0.3 is 0 Å². The fourth-order valence-corrected chi connectivity index (χ4v) is 3.41. The zero-order valence-corrected chi connectivity index (χ0v) is 15.7. The van der Waals surface area contributed by atoms with Gasteiger partial charge < -0.3 is 20.8 Å². The van der Waals surface area contributed by atoms with E-state index in [1.54, 1.807) is 19.1 Å². The molecule has 1 unspecified atom stereocenters. The highest BCUT2D eigenvalue weighted by Crippen LogP contribution is 2.25. The summed E-state index contributed by atoms with van der Waals surface area (Å²) in [6, 6.07) is 13.1. The smallest absolute Gasteiger partial charge is 0.240 e. The van der Waals surface area contributed by atoms with E-state index in [-0.39, 0.29) is 34.9 Å². The molecule has 4 N–H and O–H groups in total. The Morgan fingerprint density at radius 2 is 1.96 bits per heavy atom. The molecule has 8 nitrogen and oxygen atoms in total. The van der Waals surface area contributed by atoms with Crippen molar-refractivity contribution >= 4 is 40.1 Å². The highest BCUT2D eigenvalue weighted by atomic mass is 32.2. The predicted octanol–water partition coefficient (Wildman–Crippen LogP) is 2.44. The lowest BCUT2D eigenvalue weighted by Gasteiger charge is -2.06. The second-order valence-electron chi connectivity index (χ2n) is 6.01. The van der Waals surface area contributed by atoms with Crippen molar-refractivity contribution in [2.24, 2.45) is 10.2 Å². The molecular weight excluding hydrogens is 380 g/mol. The summed E-state index contributed by atoms with van der Waals surface area (Å²) in [7, 11) is 0. The van der Waals surface area contributed by atoms with Crippen molar-refractivity contribution in [2.75, 3.05) is 5.32 Å². The number of carbonyl (C=O) groups excluding carboxylic acids is 2. The van der Waals surface area contributed by atoms with E-state index in [9.17, 15) is 19.8 Å². The molecule has 2 amide bonds. The fourth-order valence-electron chi connectivity index (χ4n) is 2.49. The molecule has 1 saturated heterocycles. The molecule has 1 aliphatic heterocycles. The number of phenolic OH excluding ortho intramolecular Hbond substituents is 2. The molecule has 28 heavy (non-hydrogen) atoms. The lowest BCUT2D eigenvalue weighted by molar-refractivity contribution is -0.122. The maximum atomic E-state index is 12.1. The van der Waals surface area contributed by atoms with Crippen LogP contribution in [-0.4, -0.2) is 38.2 Å². The summed E-state index contributed by atoms with van der Waals surface area (Å²) in [4.78, 5) is 24.2. The lowest BCUT2D eigenvalue weighted by atomic mass is 10.1. The highest BCUT2D eigenvalue weighted by molar-refractivity contribution is 8.15. The second kappa shape index (κ2) is 8.57. The number of thioether (sulfide) groups is 1. The number of nitrogens with zero attached hydrogens (tertiary/aromatic N) is 2. The van der Waals surface area contributed by atoms with Crippen LogP contribution in [0.4, 0.5) is 5.69 Å². The van der Waals surface area contributed by atoms with Crippen LogP contribution in [0.15, 0.2) is 58.7 Å². The largest absolute Gasteiger partial charge is 0.508 e. The van der Waals surface area contributed by atoms with Gasteiger partial charge in [0, 0.05) is 23.7 Å². The van der Waals surface area contributed by atoms with E-state index in [2.05, 4.69) is 20.8 Å². The van der Waals surface area contributed by atoms with Gasteiger partial charge in [0.25, 0.3) is 0 Å². The van der Waals surface area contributed by atoms with Gasteiger partial charge in [-0.3, -0.25) is 9.59 Å². The Kier molecular flexibility index (Phi) is 5.95. The Hall–Kier alpha value is -3.33. The third-order valence-corrected chi connectivity index (χ3v) is 4.94. The van der Waals surface area contributed by atoms with E-state index in [4.69, 9.17) is 0 Å². The van der Waals surface area contributed by atoms with Gasteiger partial charge in [-0.15, -0.1) is 5.10 Å². The zero-order chi connectivity index (χ0) is 20.1. The third-order valence-electron chi connectivity index (χ3n) is 3.87. The van der Waals surface area contributed by atoms with Gasteiger partial charge in [0.15, 0.2) is 5.17 Å². The van der Waals surface area contributed by atoms with Crippen LogP contribution in [-0.2, 0) is 9.59 Å². The van der Waals surface area contributed by atoms with Crippen LogP contribution in [0, 0.1) is 0 Å². The van der Waals surface area contributed by atoms with Crippen LogP contribution < -0.4 is 10.6 Å². The molecule has 0 saturated carbocycles. The molecule has 1 heterocycles. The number of carbonyl (C=O) groups is 2. The molecule has 2 aromatic rings. The summed E-state index contributed by atoms with van der Waals surface area (Å²) in [5.74, 6) is -0.767. The monoisotopic (exact) mass is 398 g/mol. The predicted molar refractivity (Wildman–Crippen MR) is 109 cm³/mol. The lowest BCUT2D eigenvalue weighted by Crippen LogP contribution is -2.28. The molecule has 2 aromatic carbocycles. The van der Waals surface area contributed by atoms with Crippen molar-refractivity contribution < 1.29 is 19.8 Å². The standard InChI is InChI=1S/C19H18N4O4S/c1-11(14-8-7-13(24)9-15(14)25)22-23-19-21-18(27)16(28-19)10-17(26)20-12-5-3-2-4-6-12/h2-9,16,24-25H,10H2,1H3,(H,20,26)(H,21,23,27). The normalized spacial score (nSPS) is 18.2. The number of benzene rings is 2. The van der Waals surface area contributed by atoms with E-state index < -0.39 is 5.25 Å². The summed E-state index contributed by atoms with van der Waals surface area (Å²) in [5, 5.41) is 32.2. The molecule has 1 fully saturated rings. The molecular formula is C19H18N4O4S. The minimum atomic E-state index is -0.597. The van der Waals surface area contributed by atoms with Crippen LogP contribution in [0.3, 0.4) is 0 Å². The second-order valence-corrected chi connectivity index (χ2v) is 7.20. The minimum absolute atomic E-state index is 0.00581. The van der Waals surface area contributed by atoms with Crippen molar-refractivity contribution in [2.45, 2.75) is 18.6 Å². The number of hydrogen-bond acceptors (Lipinski definition) is 7. The van der Waals surface area contributed by atoms with Crippen LogP contribution >= 0.6 is 11.8 Å². The van der Waals surface area contributed by atoms with Crippen molar-refractivity contribution in [3.05, 3.63) is 54.1 Å². The van der Waals surface area contributed by atoms with Gasteiger partial charge in [0.2, 0.25) is 11.8 Å². The fraction of sp³-hybridized carbons (Fsp3) is 0.158. The number of rotatable bonds is 5. The van der Waals surface area contributed by atoms with Gasteiger partial charge in [-0.1, -0.05) is 30.0 Å². The Balaban J connectivity index is 1.62. The Labute approximate surface area is 165 Å². The quantitative estimate of drug-likeness (QED) is 0.455. The van der Waals surface area contributed by atoms with E-state index in [1.807, 2.05) is 18.2 Å². The van der Waals surface area contributed by atoms with Gasteiger partial charge in [-0.25, -0.2) is 0 Å². The van der Waals surface area contributed by atoms with Crippen LogP contribution in [0.2, 0.25) is 0 Å².